The summed E-state index contributed by atoms with van der Waals surface area (Å²) in [4.78, 5) is 22.2. The van der Waals surface area contributed by atoms with E-state index >= 15 is 0 Å². The first-order valence-corrected chi connectivity index (χ1v) is 4.72. The molecule has 0 heterocycles. The Balaban J connectivity index is 4.22. The number of esters is 1. The maximum atomic E-state index is 11.3. The first-order valence-electron chi connectivity index (χ1n) is 4.72. The fourth-order valence-electron chi connectivity index (χ4n) is 1.13. The van der Waals surface area contributed by atoms with Crippen LogP contribution in [0.2, 0.25) is 0 Å². The van der Waals surface area contributed by atoms with Crippen molar-refractivity contribution in [2.24, 2.45) is 5.92 Å². The van der Waals surface area contributed by atoms with Gasteiger partial charge in [0.2, 0.25) is 5.91 Å². The Morgan fingerprint density at radius 3 is 2.36 bits per heavy atom. The van der Waals surface area contributed by atoms with Crippen LogP contribution in [0.15, 0.2) is 0 Å². The molecule has 0 unspecified atom stereocenters. The predicted molar refractivity (Wildman–Crippen MR) is 53.1 cm³/mol. The fourth-order valence-corrected chi connectivity index (χ4v) is 1.13. The van der Waals surface area contributed by atoms with E-state index in [-0.39, 0.29) is 5.91 Å². The van der Waals surface area contributed by atoms with Gasteiger partial charge < -0.3 is 10.1 Å². The normalized spacial score (nSPS) is 12.4. The molecular formula is C10H18NO3. The summed E-state index contributed by atoms with van der Waals surface area (Å²) >= 11 is 0. The number of rotatable bonds is 5. The van der Waals surface area contributed by atoms with Crippen molar-refractivity contribution < 1.29 is 14.3 Å². The number of hydrogen-bond donors (Lipinski definition) is 1. The maximum absolute atomic E-state index is 11.3. The molecule has 1 atom stereocenters. The third-order valence-electron chi connectivity index (χ3n) is 1.60. The number of carbonyl (C=O) groups excluding carboxylic acids is 2. The quantitative estimate of drug-likeness (QED) is 0.680. The first-order chi connectivity index (χ1) is 6.47. The lowest BCUT2D eigenvalue weighted by Gasteiger charge is -2.17. The summed E-state index contributed by atoms with van der Waals surface area (Å²) in [5.41, 5.74) is 0. The summed E-state index contributed by atoms with van der Waals surface area (Å²) < 4.78 is 4.73. The minimum Gasteiger partial charge on any atom is -0.457 e. The largest absolute Gasteiger partial charge is 0.457 e. The van der Waals surface area contributed by atoms with Gasteiger partial charge in [0.15, 0.2) is 0 Å². The molecule has 4 nitrogen and oxygen atoms in total. The standard InChI is InChI=1S/C10H18NO3/c1-5-14-10(13)9(6-7(2)3)11-8(4)12/h5,7,9H,6H2,1-4H3,(H,11,12)/t9-/m0/s1. The molecule has 0 aliphatic rings. The van der Waals surface area contributed by atoms with E-state index in [1.807, 2.05) is 13.8 Å². The van der Waals surface area contributed by atoms with E-state index in [0.29, 0.717) is 12.3 Å². The molecule has 0 spiro atoms. The Labute approximate surface area is 85.0 Å². The summed E-state index contributed by atoms with van der Waals surface area (Å²) in [7, 11) is 0. The highest BCUT2D eigenvalue weighted by molar-refractivity contribution is 5.83. The van der Waals surface area contributed by atoms with Crippen LogP contribution in [-0.2, 0) is 14.3 Å². The predicted octanol–water partition coefficient (Wildman–Crippen LogP) is 1.26. The van der Waals surface area contributed by atoms with Gasteiger partial charge in [-0.05, 0) is 19.3 Å². The number of ether oxygens (including phenoxy) is 1. The molecule has 0 aliphatic heterocycles. The minimum atomic E-state index is -0.538. The Morgan fingerprint density at radius 2 is 2.00 bits per heavy atom. The highest BCUT2D eigenvalue weighted by Crippen LogP contribution is 2.06. The van der Waals surface area contributed by atoms with Crippen LogP contribution in [0.5, 0.6) is 0 Å². The SMILES string of the molecule is C[CH]OC(=O)[C@H](CC(C)C)NC(C)=O. The highest BCUT2D eigenvalue weighted by atomic mass is 16.5. The van der Waals surface area contributed by atoms with Gasteiger partial charge in [0.1, 0.15) is 12.6 Å². The van der Waals surface area contributed by atoms with Gasteiger partial charge in [-0.25, -0.2) is 4.79 Å². The number of carbonyl (C=O) groups is 2. The zero-order valence-electron chi connectivity index (χ0n) is 9.16. The van der Waals surface area contributed by atoms with Gasteiger partial charge >= 0.3 is 5.97 Å². The second-order valence-electron chi connectivity index (χ2n) is 3.56. The molecule has 0 aromatic rings. The molecule has 0 bridgehead atoms. The van der Waals surface area contributed by atoms with Crippen LogP contribution in [-0.4, -0.2) is 17.9 Å². The molecule has 0 saturated heterocycles. The van der Waals surface area contributed by atoms with Crippen LogP contribution in [0, 0.1) is 12.5 Å². The molecule has 1 amide bonds. The summed E-state index contributed by atoms with van der Waals surface area (Å²) in [5.74, 6) is -0.295. The van der Waals surface area contributed by atoms with E-state index in [4.69, 9.17) is 4.74 Å². The van der Waals surface area contributed by atoms with Crippen molar-refractivity contribution in [3.05, 3.63) is 6.61 Å². The molecule has 0 rings (SSSR count). The molecule has 1 radical (unpaired) electrons. The second-order valence-corrected chi connectivity index (χ2v) is 3.56. The summed E-state index contributed by atoms with van der Waals surface area (Å²) in [6.07, 6.45) is 0.590. The summed E-state index contributed by atoms with van der Waals surface area (Å²) in [6, 6.07) is -0.538. The van der Waals surface area contributed by atoms with Crippen molar-refractivity contribution in [2.75, 3.05) is 0 Å². The Morgan fingerprint density at radius 1 is 1.43 bits per heavy atom. The summed E-state index contributed by atoms with van der Waals surface area (Å²) in [5, 5.41) is 2.56. The Hall–Kier alpha value is -1.06. The van der Waals surface area contributed by atoms with Gasteiger partial charge in [0.25, 0.3) is 0 Å². The van der Waals surface area contributed by atoms with E-state index in [2.05, 4.69) is 5.32 Å². The summed E-state index contributed by atoms with van der Waals surface area (Å²) in [6.45, 7) is 8.29. The maximum Gasteiger partial charge on any atom is 0.329 e. The van der Waals surface area contributed by atoms with Gasteiger partial charge in [-0.15, -0.1) is 0 Å². The molecule has 4 heteroatoms. The minimum absolute atomic E-state index is 0.219. The molecule has 0 aromatic heterocycles. The molecule has 0 aliphatic carbocycles. The highest BCUT2D eigenvalue weighted by Gasteiger charge is 2.21. The lowest BCUT2D eigenvalue weighted by Crippen LogP contribution is -2.41. The molecule has 0 saturated carbocycles. The monoisotopic (exact) mass is 200 g/mol. The fraction of sp³-hybridized carbons (Fsp3) is 0.700. The molecule has 81 valence electrons. The molecule has 0 fully saturated rings. The second kappa shape index (κ2) is 6.40. The Kier molecular flexibility index (Phi) is 5.92. The van der Waals surface area contributed by atoms with Gasteiger partial charge in [0, 0.05) is 6.92 Å². The molecular weight excluding hydrogens is 182 g/mol. The van der Waals surface area contributed by atoms with Crippen LogP contribution in [0.3, 0.4) is 0 Å². The van der Waals surface area contributed by atoms with Crippen LogP contribution in [0.4, 0.5) is 0 Å². The van der Waals surface area contributed by atoms with Crippen molar-refractivity contribution >= 4 is 11.9 Å². The van der Waals surface area contributed by atoms with E-state index in [9.17, 15) is 9.59 Å². The smallest absolute Gasteiger partial charge is 0.329 e. The van der Waals surface area contributed by atoms with Crippen LogP contribution < -0.4 is 5.32 Å². The van der Waals surface area contributed by atoms with Crippen molar-refractivity contribution in [3.63, 3.8) is 0 Å². The van der Waals surface area contributed by atoms with Crippen molar-refractivity contribution in [2.45, 2.75) is 40.2 Å². The van der Waals surface area contributed by atoms with E-state index in [1.165, 1.54) is 13.5 Å². The van der Waals surface area contributed by atoms with Crippen LogP contribution in [0.25, 0.3) is 0 Å². The van der Waals surface area contributed by atoms with Gasteiger partial charge in [0.05, 0.1) is 0 Å². The van der Waals surface area contributed by atoms with Gasteiger partial charge in [-0.2, -0.15) is 0 Å². The topological polar surface area (TPSA) is 55.4 Å². The number of nitrogens with one attached hydrogen (secondary N) is 1. The van der Waals surface area contributed by atoms with Gasteiger partial charge in [-0.3, -0.25) is 4.79 Å². The third-order valence-corrected chi connectivity index (χ3v) is 1.60. The van der Waals surface area contributed by atoms with E-state index < -0.39 is 12.0 Å². The first kappa shape index (κ1) is 12.9. The van der Waals surface area contributed by atoms with Gasteiger partial charge in [-0.1, -0.05) is 13.8 Å². The molecule has 0 aromatic carbocycles. The van der Waals surface area contributed by atoms with E-state index in [1.54, 1.807) is 6.92 Å². The van der Waals surface area contributed by atoms with Crippen LogP contribution >= 0.6 is 0 Å². The Bertz CT molecular complexity index is 202. The van der Waals surface area contributed by atoms with Crippen molar-refractivity contribution in [1.29, 1.82) is 0 Å². The zero-order chi connectivity index (χ0) is 11.1. The average Bonchev–Trinajstić information content (AvgIpc) is 2.01. The van der Waals surface area contributed by atoms with Crippen molar-refractivity contribution in [1.82, 2.24) is 5.32 Å². The molecule has 1 N–H and O–H groups in total. The lowest BCUT2D eigenvalue weighted by atomic mass is 10.0. The lowest BCUT2D eigenvalue weighted by molar-refractivity contribution is -0.144. The zero-order valence-corrected chi connectivity index (χ0v) is 9.16. The van der Waals surface area contributed by atoms with Crippen LogP contribution in [0.1, 0.15) is 34.1 Å². The average molecular weight is 200 g/mol. The molecule has 14 heavy (non-hydrogen) atoms. The number of hydrogen-bond acceptors (Lipinski definition) is 3. The van der Waals surface area contributed by atoms with E-state index in [0.717, 1.165) is 0 Å². The van der Waals surface area contributed by atoms with Crippen molar-refractivity contribution in [3.8, 4) is 0 Å². The third kappa shape index (κ3) is 5.56. The number of amides is 1.